The summed E-state index contributed by atoms with van der Waals surface area (Å²) in [6.07, 6.45) is 0. The Hall–Kier alpha value is -1.42. The number of thiazole rings is 1. The van der Waals surface area contributed by atoms with E-state index in [9.17, 15) is 13.2 Å². The summed E-state index contributed by atoms with van der Waals surface area (Å²) in [5, 5.41) is 9.60. The number of thioether (sulfide) groups is 1. The Morgan fingerprint density at radius 1 is 1.38 bits per heavy atom. The number of hydrogen-bond acceptors (Lipinski definition) is 6. The topological polar surface area (TPSA) is 102 Å². The number of aryl methyl sites for hydroxylation is 1. The summed E-state index contributed by atoms with van der Waals surface area (Å²) in [5.41, 5.74) is 1.45. The van der Waals surface area contributed by atoms with Crippen LogP contribution in [0, 0.1) is 6.92 Å². The van der Waals surface area contributed by atoms with E-state index in [-0.39, 0.29) is 16.6 Å². The summed E-state index contributed by atoms with van der Waals surface area (Å²) in [4.78, 5) is 16.0. The fourth-order valence-corrected chi connectivity index (χ4v) is 3.62. The molecule has 0 unspecified atom stereocenters. The molecule has 0 spiro atoms. The van der Waals surface area contributed by atoms with Crippen molar-refractivity contribution >= 4 is 44.7 Å². The maximum Gasteiger partial charge on any atom is 0.238 e. The first kappa shape index (κ1) is 16.0. The normalized spacial score (nSPS) is 11.3. The first-order valence-corrected chi connectivity index (χ1v) is 9.23. The van der Waals surface area contributed by atoms with Crippen molar-refractivity contribution in [3.63, 3.8) is 0 Å². The van der Waals surface area contributed by atoms with E-state index in [0.717, 1.165) is 10.0 Å². The molecule has 0 radical (unpaired) electrons. The Labute approximate surface area is 130 Å². The number of carbonyl (C=O) groups excluding carboxylic acids is 1. The van der Waals surface area contributed by atoms with Crippen LogP contribution in [0.5, 0.6) is 0 Å². The molecule has 1 aromatic carbocycles. The van der Waals surface area contributed by atoms with Crippen LogP contribution in [-0.4, -0.2) is 25.1 Å². The van der Waals surface area contributed by atoms with Gasteiger partial charge in [0, 0.05) is 16.8 Å². The van der Waals surface area contributed by atoms with Crippen LogP contribution in [0.3, 0.4) is 0 Å². The van der Waals surface area contributed by atoms with Crippen LogP contribution in [0.25, 0.3) is 0 Å². The SMILES string of the molecule is Cc1csc(SCC(=O)Nc2ccc(S(N)(=O)=O)cc2)n1. The lowest BCUT2D eigenvalue weighted by Gasteiger charge is -2.05. The number of benzene rings is 1. The van der Waals surface area contributed by atoms with Crippen LogP contribution in [0.4, 0.5) is 5.69 Å². The minimum Gasteiger partial charge on any atom is -0.325 e. The Morgan fingerprint density at radius 2 is 2.05 bits per heavy atom. The number of sulfonamides is 1. The van der Waals surface area contributed by atoms with Gasteiger partial charge in [0.1, 0.15) is 0 Å². The second-order valence-electron chi connectivity index (χ2n) is 4.16. The van der Waals surface area contributed by atoms with Gasteiger partial charge in [-0.15, -0.1) is 11.3 Å². The average Bonchev–Trinajstić information content (AvgIpc) is 2.82. The number of amides is 1. The van der Waals surface area contributed by atoms with E-state index in [4.69, 9.17) is 5.14 Å². The second kappa shape index (κ2) is 6.56. The summed E-state index contributed by atoms with van der Waals surface area (Å²) in [6.45, 7) is 1.90. The van der Waals surface area contributed by atoms with Crippen molar-refractivity contribution in [2.24, 2.45) is 5.14 Å². The van der Waals surface area contributed by atoms with Crippen molar-refractivity contribution in [2.75, 3.05) is 11.1 Å². The summed E-state index contributed by atoms with van der Waals surface area (Å²) in [7, 11) is -3.72. The van der Waals surface area contributed by atoms with Crippen LogP contribution < -0.4 is 10.5 Å². The van der Waals surface area contributed by atoms with Crippen molar-refractivity contribution < 1.29 is 13.2 Å². The Morgan fingerprint density at radius 3 is 2.57 bits per heavy atom. The zero-order valence-electron chi connectivity index (χ0n) is 11.1. The molecule has 1 amide bonds. The third-order valence-electron chi connectivity index (χ3n) is 2.39. The van der Waals surface area contributed by atoms with E-state index >= 15 is 0 Å². The van der Waals surface area contributed by atoms with E-state index in [1.165, 1.54) is 47.4 Å². The second-order valence-corrected chi connectivity index (χ2v) is 7.80. The van der Waals surface area contributed by atoms with Crippen LogP contribution in [0.15, 0.2) is 38.9 Å². The molecule has 0 aliphatic carbocycles. The van der Waals surface area contributed by atoms with Gasteiger partial charge in [-0.2, -0.15) is 0 Å². The third-order valence-corrected chi connectivity index (χ3v) is 5.46. The number of carbonyl (C=O) groups is 1. The Balaban J connectivity index is 1.90. The molecule has 0 saturated heterocycles. The number of nitrogens with two attached hydrogens (primary N) is 1. The molecule has 0 fully saturated rings. The van der Waals surface area contributed by atoms with Gasteiger partial charge >= 0.3 is 0 Å². The van der Waals surface area contributed by atoms with Gasteiger partial charge in [0.05, 0.1) is 10.6 Å². The molecule has 2 rings (SSSR count). The van der Waals surface area contributed by atoms with Gasteiger partial charge in [-0.3, -0.25) is 4.79 Å². The van der Waals surface area contributed by atoms with Gasteiger partial charge in [0.25, 0.3) is 0 Å². The molecule has 3 N–H and O–H groups in total. The molecule has 9 heteroatoms. The average molecular weight is 343 g/mol. The van der Waals surface area contributed by atoms with E-state index in [0.29, 0.717) is 5.69 Å². The molecule has 112 valence electrons. The van der Waals surface area contributed by atoms with Gasteiger partial charge in [-0.25, -0.2) is 18.5 Å². The molecule has 0 aliphatic heterocycles. The zero-order chi connectivity index (χ0) is 15.5. The Kier molecular flexibility index (Phi) is 4.99. The van der Waals surface area contributed by atoms with E-state index < -0.39 is 10.0 Å². The molecule has 1 aromatic heterocycles. The lowest BCUT2D eigenvalue weighted by molar-refractivity contribution is -0.113. The number of nitrogens with one attached hydrogen (secondary N) is 1. The highest BCUT2D eigenvalue weighted by molar-refractivity contribution is 8.01. The van der Waals surface area contributed by atoms with Crippen LogP contribution in [-0.2, 0) is 14.8 Å². The zero-order valence-corrected chi connectivity index (χ0v) is 13.5. The number of nitrogens with zero attached hydrogens (tertiary/aromatic N) is 1. The van der Waals surface area contributed by atoms with E-state index in [1.807, 2.05) is 12.3 Å². The van der Waals surface area contributed by atoms with Crippen LogP contribution >= 0.6 is 23.1 Å². The monoisotopic (exact) mass is 343 g/mol. The van der Waals surface area contributed by atoms with Gasteiger partial charge in [0.2, 0.25) is 15.9 Å². The number of aromatic nitrogens is 1. The number of hydrogen-bond donors (Lipinski definition) is 2. The molecule has 6 nitrogen and oxygen atoms in total. The maximum absolute atomic E-state index is 11.8. The summed E-state index contributed by atoms with van der Waals surface area (Å²) in [5.74, 6) is 0.0559. The number of anilines is 1. The highest BCUT2D eigenvalue weighted by Crippen LogP contribution is 2.22. The maximum atomic E-state index is 11.8. The molecule has 21 heavy (non-hydrogen) atoms. The summed E-state index contributed by atoms with van der Waals surface area (Å²) in [6, 6.07) is 5.69. The fourth-order valence-electron chi connectivity index (χ4n) is 1.45. The molecule has 0 saturated carbocycles. The predicted octanol–water partition coefficient (Wildman–Crippen LogP) is 1.83. The van der Waals surface area contributed by atoms with E-state index in [1.54, 1.807) is 0 Å². The highest BCUT2D eigenvalue weighted by atomic mass is 32.2. The van der Waals surface area contributed by atoms with Gasteiger partial charge in [-0.1, -0.05) is 11.8 Å². The largest absolute Gasteiger partial charge is 0.325 e. The van der Waals surface area contributed by atoms with Gasteiger partial charge in [-0.05, 0) is 31.2 Å². The molecule has 2 aromatic rings. The third kappa shape index (κ3) is 4.81. The first-order valence-electron chi connectivity index (χ1n) is 5.82. The molecular weight excluding hydrogens is 330 g/mol. The minimum absolute atomic E-state index is 0.00753. The molecular formula is C12H13N3O3S3. The van der Waals surface area contributed by atoms with Crippen LogP contribution in [0.1, 0.15) is 5.69 Å². The highest BCUT2D eigenvalue weighted by Gasteiger charge is 2.09. The van der Waals surface area contributed by atoms with Crippen LogP contribution in [0.2, 0.25) is 0 Å². The first-order chi connectivity index (χ1) is 9.84. The Bertz CT molecular complexity index is 739. The van der Waals surface area contributed by atoms with Crippen molar-refractivity contribution in [1.29, 1.82) is 0 Å². The van der Waals surface area contributed by atoms with E-state index in [2.05, 4.69) is 10.3 Å². The van der Waals surface area contributed by atoms with Crippen molar-refractivity contribution in [3.8, 4) is 0 Å². The quantitative estimate of drug-likeness (QED) is 0.806. The fraction of sp³-hybridized carbons (Fsp3) is 0.167. The summed E-state index contributed by atoms with van der Waals surface area (Å²) >= 11 is 2.85. The molecule has 0 bridgehead atoms. The summed E-state index contributed by atoms with van der Waals surface area (Å²) < 4.78 is 23.1. The van der Waals surface area contributed by atoms with Gasteiger partial charge < -0.3 is 5.32 Å². The minimum atomic E-state index is -3.72. The lowest BCUT2D eigenvalue weighted by Crippen LogP contribution is -2.15. The number of rotatable bonds is 5. The molecule has 0 aliphatic rings. The lowest BCUT2D eigenvalue weighted by atomic mass is 10.3. The standard InChI is InChI=1S/C12H13N3O3S3/c1-8-6-19-12(14-8)20-7-11(16)15-9-2-4-10(5-3-9)21(13,17)18/h2-6H,7H2,1H3,(H,15,16)(H2,13,17,18). The molecule has 0 atom stereocenters. The van der Waals surface area contributed by atoms with Crippen molar-refractivity contribution in [1.82, 2.24) is 4.98 Å². The number of primary sulfonamides is 1. The van der Waals surface area contributed by atoms with Gasteiger partial charge in [0.15, 0.2) is 4.34 Å². The van der Waals surface area contributed by atoms with Crippen molar-refractivity contribution in [3.05, 3.63) is 35.3 Å². The smallest absolute Gasteiger partial charge is 0.238 e. The molecule has 1 heterocycles. The van der Waals surface area contributed by atoms with Crippen molar-refractivity contribution in [2.45, 2.75) is 16.2 Å². The predicted molar refractivity (Wildman–Crippen MR) is 84.0 cm³/mol.